The van der Waals surface area contributed by atoms with Crippen LogP contribution in [0.15, 0.2) is 53.3 Å². The Morgan fingerprint density at radius 3 is 2.55 bits per heavy atom. The van der Waals surface area contributed by atoms with Crippen LogP contribution in [0.25, 0.3) is 10.8 Å². The zero-order valence-corrected chi connectivity index (χ0v) is 16.9. The highest BCUT2D eigenvalue weighted by atomic mass is 16.1. The van der Waals surface area contributed by atoms with Gasteiger partial charge in [-0.2, -0.15) is 5.10 Å². The Bertz CT molecular complexity index is 1100. The molecule has 1 saturated carbocycles. The van der Waals surface area contributed by atoms with Gasteiger partial charge < -0.3 is 10.2 Å². The first kappa shape index (κ1) is 19.2. The van der Waals surface area contributed by atoms with Gasteiger partial charge in [-0.3, -0.25) is 9.59 Å². The van der Waals surface area contributed by atoms with Crippen LogP contribution < -0.4 is 15.8 Å². The van der Waals surface area contributed by atoms with Crippen LogP contribution in [0.5, 0.6) is 0 Å². The Morgan fingerprint density at radius 2 is 1.83 bits per heavy atom. The van der Waals surface area contributed by atoms with Crippen molar-refractivity contribution in [1.82, 2.24) is 15.1 Å². The van der Waals surface area contributed by atoms with Crippen LogP contribution in [0.4, 0.5) is 5.69 Å². The van der Waals surface area contributed by atoms with E-state index < -0.39 is 0 Å². The van der Waals surface area contributed by atoms with E-state index in [-0.39, 0.29) is 24.1 Å². The minimum atomic E-state index is -0.154. The van der Waals surface area contributed by atoms with Gasteiger partial charge in [0.15, 0.2) is 0 Å². The number of nitrogens with zero attached hydrogens (tertiary/aromatic N) is 3. The third kappa shape index (κ3) is 3.88. The Hall–Kier alpha value is -3.15. The van der Waals surface area contributed by atoms with E-state index in [0.29, 0.717) is 10.9 Å². The highest BCUT2D eigenvalue weighted by Crippen LogP contribution is 2.28. The molecule has 1 heterocycles. The summed E-state index contributed by atoms with van der Waals surface area (Å²) in [6.45, 7) is 0.276. The van der Waals surface area contributed by atoms with Crippen LogP contribution >= 0.6 is 0 Å². The fourth-order valence-electron chi connectivity index (χ4n) is 3.99. The van der Waals surface area contributed by atoms with E-state index in [1.807, 2.05) is 61.5 Å². The van der Waals surface area contributed by atoms with Gasteiger partial charge in [-0.05, 0) is 37.1 Å². The van der Waals surface area contributed by atoms with Crippen LogP contribution in [0.3, 0.4) is 0 Å². The molecule has 150 valence electrons. The van der Waals surface area contributed by atoms with E-state index in [4.69, 9.17) is 0 Å². The number of benzene rings is 2. The number of anilines is 1. The molecule has 1 aromatic heterocycles. The second-order valence-corrected chi connectivity index (χ2v) is 7.81. The summed E-state index contributed by atoms with van der Waals surface area (Å²) in [5.41, 5.74) is 2.26. The molecule has 0 saturated heterocycles. The van der Waals surface area contributed by atoms with Gasteiger partial charge >= 0.3 is 0 Å². The van der Waals surface area contributed by atoms with E-state index in [2.05, 4.69) is 10.4 Å². The average Bonchev–Trinajstić information content (AvgIpc) is 3.28. The summed E-state index contributed by atoms with van der Waals surface area (Å²) in [6, 6.07) is 15.2. The molecule has 2 aromatic carbocycles. The molecular weight excluding hydrogens is 364 g/mol. The second-order valence-electron chi connectivity index (χ2n) is 7.81. The molecule has 1 N–H and O–H groups in total. The lowest BCUT2D eigenvalue weighted by atomic mass is 10.1. The lowest BCUT2D eigenvalue weighted by Gasteiger charge is -2.16. The third-order valence-electron chi connectivity index (χ3n) is 5.62. The Balaban J connectivity index is 1.64. The molecule has 0 bridgehead atoms. The largest absolute Gasteiger partial charge is 0.378 e. The number of rotatable bonds is 5. The van der Waals surface area contributed by atoms with E-state index in [0.717, 1.165) is 42.5 Å². The predicted octanol–water partition coefficient (Wildman–Crippen LogP) is 3.51. The van der Waals surface area contributed by atoms with Crippen molar-refractivity contribution in [1.29, 1.82) is 0 Å². The molecule has 1 aliphatic rings. The minimum absolute atomic E-state index is 0.0405. The van der Waals surface area contributed by atoms with E-state index >= 15 is 0 Å². The first-order valence-electron chi connectivity index (χ1n) is 10.1. The summed E-state index contributed by atoms with van der Waals surface area (Å²) >= 11 is 0. The zero-order chi connectivity index (χ0) is 20.4. The van der Waals surface area contributed by atoms with Crippen molar-refractivity contribution < 1.29 is 4.79 Å². The first-order chi connectivity index (χ1) is 14.0. The average molecular weight is 390 g/mol. The van der Waals surface area contributed by atoms with Gasteiger partial charge in [0.05, 0.1) is 23.7 Å². The molecule has 6 heteroatoms. The molecule has 6 nitrogen and oxygen atoms in total. The number of aromatic nitrogens is 2. The molecule has 29 heavy (non-hydrogen) atoms. The molecule has 0 unspecified atom stereocenters. The van der Waals surface area contributed by atoms with Gasteiger partial charge in [0.25, 0.3) is 11.5 Å². The number of amides is 1. The van der Waals surface area contributed by atoms with Crippen LogP contribution in [0.2, 0.25) is 0 Å². The van der Waals surface area contributed by atoms with Gasteiger partial charge in [-0.25, -0.2) is 4.68 Å². The van der Waals surface area contributed by atoms with Crippen LogP contribution in [0.1, 0.15) is 47.8 Å². The summed E-state index contributed by atoms with van der Waals surface area (Å²) < 4.78 is 1.64. The minimum Gasteiger partial charge on any atom is -0.378 e. The number of carbonyl (C=O) groups excluding carboxylic acids is 1. The van der Waals surface area contributed by atoms with Crippen LogP contribution in [-0.4, -0.2) is 29.8 Å². The summed E-state index contributed by atoms with van der Waals surface area (Å²) in [5, 5.41) is 9.11. The second kappa shape index (κ2) is 8.07. The highest BCUT2D eigenvalue weighted by Gasteiger charge is 2.21. The third-order valence-corrected chi connectivity index (χ3v) is 5.62. The van der Waals surface area contributed by atoms with Gasteiger partial charge in [-0.1, -0.05) is 37.1 Å². The van der Waals surface area contributed by atoms with Crippen molar-refractivity contribution in [2.75, 3.05) is 19.0 Å². The van der Waals surface area contributed by atoms with Crippen LogP contribution in [0, 0.1) is 0 Å². The maximum Gasteiger partial charge on any atom is 0.274 e. The maximum atomic E-state index is 12.9. The maximum absolute atomic E-state index is 12.9. The SMILES string of the molecule is CN(C)c1cccc(C(=O)NCc2nn(C3CCCC3)c(=O)c3ccccc23)c1. The summed E-state index contributed by atoms with van der Waals surface area (Å²) in [6.07, 6.45) is 4.21. The van der Waals surface area contributed by atoms with Gasteiger partial charge in [0.2, 0.25) is 0 Å². The van der Waals surface area contributed by atoms with Gasteiger partial charge in [0, 0.05) is 30.7 Å². The van der Waals surface area contributed by atoms with Gasteiger partial charge in [-0.15, -0.1) is 0 Å². The van der Waals surface area contributed by atoms with E-state index in [9.17, 15) is 9.59 Å². The van der Waals surface area contributed by atoms with Crippen LogP contribution in [-0.2, 0) is 6.54 Å². The number of carbonyl (C=O) groups is 1. The summed E-state index contributed by atoms with van der Waals surface area (Å²) in [4.78, 5) is 27.6. The summed E-state index contributed by atoms with van der Waals surface area (Å²) in [5.74, 6) is -0.154. The molecule has 0 aliphatic heterocycles. The Labute approximate surface area is 170 Å². The zero-order valence-electron chi connectivity index (χ0n) is 16.9. The van der Waals surface area contributed by atoms with Crippen molar-refractivity contribution in [3.63, 3.8) is 0 Å². The van der Waals surface area contributed by atoms with Crippen molar-refractivity contribution in [3.05, 3.63) is 70.1 Å². The van der Waals surface area contributed by atoms with Crippen molar-refractivity contribution >= 4 is 22.4 Å². The number of fused-ring (bicyclic) bond motifs is 1. The van der Waals surface area contributed by atoms with Crippen molar-refractivity contribution in [2.24, 2.45) is 0 Å². The summed E-state index contributed by atoms with van der Waals surface area (Å²) in [7, 11) is 3.89. The topological polar surface area (TPSA) is 67.2 Å². The number of nitrogens with one attached hydrogen (secondary N) is 1. The van der Waals surface area contributed by atoms with E-state index in [1.165, 1.54) is 0 Å². The van der Waals surface area contributed by atoms with Gasteiger partial charge in [0.1, 0.15) is 0 Å². The molecular formula is C23H26N4O2. The monoisotopic (exact) mass is 390 g/mol. The number of hydrogen-bond donors (Lipinski definition) is 1. The first-order valence-corrected chi connectivity index (χ1v) is 10.1. The van der Waals surface area contributed by atoms with Crippen molar-refractivity contribution in [2.45, 2.75) is 38.3 Å². The fraction of sp³-hybridized carbons (Fsp3) is 0.348. The predicted molar refractivity (Wildman–Crippen MR) is 115 cm³/mol. The standard InChI is InChI=1S/C23H26N4O2/c1-26(2)18-11-7-8-16(14-18)22(28)24-15-21-19-12-5-6-13-20(19)23(29)27(25-21)17-9-3-4-10-17/h5-8,11-14,17H,3-4,9-10,15H2,1-2H3,(H,24,28). The molecule has 0 atom stereocenters. The quantitative estimate of drug-likeness (QED) is 0.724. The number of hydrogen-bond acceptors (Lipinski definition) is 4. The molecule has 0 spiro atoms. The fourth-order valence-corrected chi connectivity index (χ4v) is 3.99. The smallest absolute Gasteiger partial charge is 0.274 e. The highest BCUT2D eigenvalue weighted by molar-refractivity contribution is 5.95. The van der Waals surface area contributed by atoms with Crippen molar-refractivity contribution in [3.8, 4) is 0 Å². The lowest BCUT2D eigenvalue weighted by Crippen LogP contribution is -2.30. The molecule has 3 aromatic rings. The molecule has 0 radical (unpaired) electrons. The molecule has 1 fully saturated rings. The Morgan fingerprint density at radius 1 is 1.10 bits per heavy atom. The molecule has 1 aliphatic carbocycles. The Kier molecular flexibility index (Phi) is 5.34. The van der Waals surface area contributed by atoms with E-state index in [1.54, 1.807) is 10.7 Å². The molecule has 1 amide bonds. The molecule has 4 rings (SSSR count). The lowest BCUT2D eigenvalue weighted by molar-refractivity contribution is 0.0950. The normalized spacial score (nSPS) is 14.3.